The van der Waals surface area contributed by atoms with Crippen molar-refractivity contribution in [1.29, 1.82) is 0 Å². The van der Waals surface area contributed by atoms with Crippen LogP contribution >= 0.6 is 0 Å². The molecule has 0 spiro atoms. The van der Waals surface area contributed by atoms with Gasteiger partial charge in [0, 0.05) is 5.57 Å². The monoisotopic (exact) mass is 212 g/mol. The van der Waals surface area contributed by atoms with Crippen molar-refractivity contribution in [2.75, 3.05) is 13.2 Å². The average molecular weight is 212 g/mol. The molecule has 15 heavy (non-hydrogen) atoms. The van der Waals surface area contributed by atoms with E-state index in [1.54, 1.807) is 20.8 Å². The van der Waals surface area contributed by atoms with Gasteiger partial charge in [-0.1, -0.05) is 0 Å². The maximum Gasteiger partial charge on any atom is 0.333 e. The van der Waals surface area contributed by atoms with Crippen LogP contribution in [0.3, 0.4) is 0 Å². The first-order chi connectivity index (χ1) is 7.11. The highest BCUT2D eigenvalue weighted by atomic mass is 16.5. The summed E-state index contributed by atoms with van der Waals surface area (Å²) in [5.41, 5.74) is 1.40. The van der Waals surface area contributed by atoms with Crippen molar-refractivity contribution in [3.63, 3.8) is 0 Å². The number of hydrogen-bond acceptors (Lipinski definition) is 4. The van der Waals surface area contributed by atoms with Crippen LogP contribution in [0.15, 0.2) is 11.1 Å². The lowest BCUT2D eigenvalue weighted by Crippen LogP contribution is -2.31. The van der Waals surface area contributed by atoms with Crippen molar-refractivity contribution in [2.45, 2.75) is 27.2 Å². The third-order valence-corrected chi connectivity index (χ3v) is 2.50. The number of hydrogen-bond donors (Lipinski definition) is 0. The summed E-state index contributed by atoms with van der Waals surface area (Å²) >= 11 is 0. The number of carbonyl (C=O) groups excluding carboxylic acids is 2. The molecule has 1 aliphatic rings. The molecule has 1 unspecified atom stereocenters. The second kappa shape index (κ2) is 4.96. The van der Waals surface area contributed by atoms with Gasteiger partial charge in [-0.05, 0) is 32.8 Å². The molecule has 0 bridgehead atoms. The maximum atomic E-state index is 11.4. The van der Waals surface area contributed by atoms with Crippen molar-refractivity contribution in [2.24, 2.45) is 5.92 Å². The fourth-order valence-electron chi connectivity index (χ4n) is 1.56. The smallest absolute Gasteiger partial charge is 0.333 e. The lowest BCUT2D eigenvalue weighted by Gasteiger charge is -2.28. The minimum Gasteiger partial charge on any atom is -0.466 e. The Morgan fingerprint density at radius 2 is 1.87 bits per heavy atom. The van der Waals surface area contributed by atoms with E-state index in [1.807, 2.05) is 0 Å². The number of ether oxygens (including phenoxy) is 2. The van der Waals surface area contributed by atoms with Crippen LogP contribution < -0.4 is 0 Å². The van der Waals surface area contributed by atoms with Gasteiger partial charge in [0.1, 0.15) is 0 Å². The lowest BCUT2D eigenvalue weighted by atomic mass is 9.78. The van der Waals surface area contributed by atoms with Crippen molar-refractivity contribution in [1.82, 2.24) is 0 Å². The van der Waals surface area contributed by atoms with Crippen LogP contribution in [0.5, 0.6) is 0 Å². The van der Waals surface area contributed by atoms with Crippen LogP contribution in [0.2, 0.25) is 0 Å². The molecule has 1 aliphatic carbocycles. The van der Waals surface area contributed by atoms with E-state index in [9.17, 15) is 9.59 Å². The molecule has 1 rings (SSSR count). The molecule has 1 atom stereocenters. The van der Waals surface area contributed by atoms with E-state index in [4.69, 9.17) is 9.47 Å². The zero-order valence-electron chi connectivity index (χ0n) is 9.33. The molecule has 0 saturated heterocycles. The summed E-state index contributed by atoms with van der Waals surface area (Å²) in [4.78, 5) is 22.7. The topological polar surface area (TPSA) is 52.6 Å². The first kappa shape index (κ1) is 11.8. The fourth-order valence-corrected chi connectivity index (χ4v) is 1.56. The van der Waals surface area contributed by atoms with Crippen molar-refractivity contribution >= 4 is 11.9 Å². The molecular weight excluding hydrogens is 196 g/mol. The van der Waals surface area contributed by atoms with E-state index in [0.29, 0.717) is 25.2 Å². The maximum absolute atomic E-state index is 11.4. The summed E-state index contributed by atoms with van der Waals surface area (Å²) in [6.45, 7) is 6.03. The van der Waals surface area contributed by atoms with Crippen molar-refractivity contribution < 1.29 is 19.1 Å². The Balaban J connectivity index is 2.59. The molecule has 0 fully saturated rings. The second-order valence-electron chi connectivity index (χ2n) is 3.39. The molecule has 0 heterocycles. The first-order valence-corrected chi connectivity index (χ1v) is 5.15. The fraction of sp³-hybridized carbons (Fsp3) is 0.636. The molecule has 0 N–H and O–H groups in total. The van der Waals surface area contributed by atoms with Gasteiger partial charge in [-0.25, -0.2) is 4.79 Å². The van der Waals surface area contributed by atoms with Gasteiger partial charge in [-0.15, -0.1) is 0 Å². The lowest BCUT2D eigenvalue weighted by molar-refractivity contribution is -0.148. The highest BCUT2D eigenvalue weighted by molar-refractivity contribution is 5.95. The average Bonchev–Trinajstić information content (AvgIpc) is 2.16. The molecule has 4 heteroatoms. The zero-order valence-corrected chi connectivity index (χ0v) is 9.33. The largest absolute Gasteiger partial charge is 0.466 e. The van der Waals surface area contributed by atoms with E-state index in [1.165, 1.54) is 0 Å². The summed E-state index contributed by atoms with van der Waals surface area (Å²) in [5, 5.41) is 0. The van der Waals surface area contributed by atoms with Crippen molar-refractivity contribution in [3.05, 3.63) is 11.1 Å². The summed E-state index contributed by atoms with van der Waals surface area (Å²) in [6, 6.07) is 0. The van der Waals surface area contributed by atoms with Gasteiger partial charge >= 0.3 is 11.9 Å². The van der Waals surface area contributed by atoms with Gasteiger partial charge in [0.15, 0.2) is 0 Å². The van der Waals surface area contributed by atoms with Crippen LogP contribution in [0, 0.1) is 5.92 Å². The second-order valence-corrected chi connectivity index (χ2v) is 3.39. The molecule has 0 amide bonds. The Kier molecular flexibility index (Phi) is 3.88. The Labute approximate surface area is 89.2 Å². The Morgan fingerprint density at radius 3 is 2.33 bits per heavy atom. The van der Waals surface area contributed by atoms with E-state index in [2.05, 4.69) is 0 Å². The van der Waals surface area contributed by atoms with Gasteiger partial charge in [-0.3, -0.25) is 4.79 Å². The molecule has 0 aromatic rings. The molecule has 84 valence electrons. The molecule has 0 radical (unpaired) electrons. The zero-order chi connectivity index (χ0) is 11.4. The van der Waals surface area contributed by atoms with Gasteiger partial charge in [0.05, 0.1) is 19.1 Å². The van der Waals surface area contributed by atoms with E-state index in [0.717, 1.165) is 5.57 Å². The highest BCUT2D eigenvalue weighted by Crippen LogP contribution is 2.35. The quantitative estimate of drug-likeness (QED) is 0.662. The summed E-state index contributed by atoms with van der Waals surface area (Å²) < 4.78 is 9.73. The van der Waals surface area contributed by atoms with Crippen molar-refractivity contribution in [3.8, 4) is 0 Å². The van der Waals surface area contributed by atoms with Gasteiger partial charge in [-0.2, -0.15) is 0 Å². The Hall–Kier alpha value is -1.32. The van der Waals surface area contributed by atoms with Gasteiger partial charge in [0.2, 0.25) is 0 Å². The summed E-state index contributed by atoms with van der Waals surface area (Å²) in [6.07, 6.45) is 0.448. The van der Waals surface area contributed by atoms with E-state index >= 15 is 0 Å². The Bertz CT molecular complexity index is 304. The van der Waals surface area contributed by atoms with E-state index in [-0.39, 0.29) is 17.9 Å². The minimum atomic E-state index is -0.310. The highest BCUT2D eigenvalue weighted by Gasteiger charge is 2.37. The minimum absolute atomic E-state index is 0.246. The molecular formula is C11H16O4. The van der Waals surface area contributed by atoms with Gasteiger partial charge in [0.25, 0.3) is 0 Å². The SMILES string of the molecule is CCOC(=O)C1=C(C)C(C(=O)OCC)C1. The molecule has 0 aliphatic heterocycles. The number of carbonyl (C=O) groups is 2. The predicted octanol–water partition coefficient (Wildman–Crippen LogP) is 1.45. The summed E-state index contributed by atoms with van der Waals surface area (Å²) in [5.74, 6) is -0.803. The normalized spacial score (nSPS) is 19.5. The van der Waals surface area contributed by atoms with Gasteiger partial charge < -0.3 is 9.47 Å². The molecule has 4 nitrogen and oxygen atoms in total. The first-order valence-electron chi connectivity index (χ1n) is 5.15. The molecule has 0 saturated carbocycles. The third kappa shape index (κ3) is 2.37. The number of esters is 2. The van der Waals surface area contributed by atoms with Crippen LogP contribution in [0.25, 0.3) is 0 Å². The van der Waals surface area contributed by atoms with Crippen LogP contribution in [0.4, 0.5) is 0 Å². The van der Waals surface area contributed by atoms with E-state index < -0.39 is 0 Å². The predicted molar refractivity (Wildman–Crippen MR) is 54.1 cm³/mol. The molecule has 0 aromatic carbocycles. The van der Waals surface area contributed by atoms with Crippen LogP contribution in [-0.4, -0.2) is 25.2 Å². The summed E-state index contributed by atoms with van der Waals surface area (Å²) in [7, 11) is 0. The third-order valence-electron chi connectivity index (χ3n) is 2.50. The number of rotatable bonds is 4. The molecule has 0 aromatic heterocycles. The Morgan fingerprint density at radius 1 is 1.27 bits per heavy atom. The van der Waals surface area contributed by atoms with Crippen LogP contribution in [-0.2, 0) is 19.1 Å². The standard InChI is InChI=1S/C11H16O4/c1-4-14-10(12)8-6-9(7(8)3)11(13)15-5-2/h8H,4-6H2,1-3H3. The van der Waals surface area contributed by atoms with Crippen LogP contribution in [0.1, 0.15) is 27.2 Å².